The summed E-state index contributed by atoms with van der Waals surface area (Å²) < 4.78 is 64.6. The first-order valence-corrected chi connectivity index (χ1v) is 12.2. The summed E-state index contributed by atoms with van der Waals surface area (Å²) in [5.41, 5.74) is 1.87. The van der Waals surface area contributed by atoms with Gasteiger partial charge in [-0.1, -0.05) is 62.2 Å². The maximum atomic E-state index is 15.1. The third-order valence-corrected chi connectivity index (χ3v) is 6.78. The molecule has 0 N–H and O–H groups in total. The molecule has 0 unspecified atom stereocenters. The number of alkyl halides is 4. The van der Waals surface area contributed by atoms with Crippen molar-refractivity contribution in [3.63, 3.8) is 0 Å². The van der Waals surface area contributed by atoms with E-state index in [2.05, 4.69) is 11.7 Å². The number of benzene rings is 3. The predicted octanol–water partition coefficient (Wildman–Crippen LogP) is 9.16. The molecule has 4 rings (SSSR count). The summed E-state index contributed by atoms with van der Waals surface area (Å²) in [6.45, 7) is -0.717. The third-order valence-electron chi connectivity index (χ3n) is 6.78. The summed E-state index contributed by atoms with van der Waals surface area (Å²) in [6.07, 6.45) is 3.55. The van der Waals surface area contributed by atoms with E-state index in [1.165, 1.54) is 68.1 Å². The predicted molar refractivity (Wildman–Crippen MR) is 129 cm³/mol. The van der Waals surface area contributed by atoms with Gasteiger partial charge in [0.1, 0.15) is 11.5 Å². The molecule has 0 bridgehead atoms. The molecule has 0 aromatic heterocycles. The van der Waals surface area contributed by atoms with Crippen LogP contribution in [0.5, 0.6) is 11.5 Å². The third kappa shape index (κ3) is 6.36. The van der Waals surface area contributed by atoms with Crippen molar-refractivity contribution in [3.8, 4) is 22.6 Å². The Hall–Kier alpha value is -3.02. The Kier molecular flexibility index (Phi) is 7.99. The van der Waals surface area contributed by atoms with Crippen LogP contribution in [-0.4, -0.2) is 6.61 Å². The van der Waals surface area contributed by atoms with E-state index in [4.69, 9.17) is 4.74 Å². The Labute approximate surface area is 203 Å². The fourth-order valence-electron chi connectivity index (χ4n) is 4.95. The molecule has 1 saturated carbocycles. The zero-order valence-electron chi connectivity index (χ0n) is 19.7. The van der Waals surface area contributed by atoms with Crippen LogP contribution >= 0.6 is 0 Å². The molecular weight excluding hydrogens is 456 g/mol. The smallest absolute Gasteiger partial charge is 0.426 e. The van der Waals surface area contributed by atoms with Crippen molar-refractivity contribution in [2.24, 2.45) is 5.92 Å². The summed E-state index contributed by atoms with van der Waals surface area (Å²) in [7, 11) is 0. The highest BCUT2D eigenvalue weighted by Crippen LogP contribution is 2.40. The van der Waals surface area contributed by atoms with E-state index in [1.54, 1.807) is 30.3 Å². The molecule has 186 valence electrons. The molecule has 0 spiro atoms. The van der Waals surface area contributed by atoms with Gasteiger partial charge in [0, 0.05) is 5.56 Å². The minimum Gasteiger partial charge on any atom is -0.435 e. The lowest BCUT2D eigenvalue weighted by Gasteiger charge is -2.29. The van der Waals surface area contributed by atoms with Crippen molar-refractivity contribution >= 4 is 0 Å². The fourth-order valence-corrected chi connectivity index (χ4v) is 4.95. The molecule has 3 aromatic carbocycles. The lowest BCUT2D eigenvalue weighted by atomic mass is 9.77. The molecule has 1 aliphatic rings. The molecule has 1 fully saturated rings. The van der Waals surface area contributed by atoms with Crippen LogP contribution in [0.4, 0.5) is 17.6 Å². The van der Waals surface area contributed by atoms with Gasteiger partial charge < -0.3 is 9.47 Å². The quantitative estimate of drug-likeness (QED) is 0.281. The van der Waals surface area contributed by atoms with E-state index in [-0.39, 0.29) is 17.1 Å². The van der Waals surface area contributed by atoms with E-state index in [0.717, 1.165) is 24.3 Å². The summed E-state index contributed by atoms with van der Waals surface area (Å²) in [4.78, 5) is 0. The van der Waals surface area contributed by atoms with Gasteiger partial charge in [-0.3, -0.25) is 0 Å². The molecule has 0 heterocycles. The zero-order valence-corrected chi connectivity index (χ0v) is 19.7. The van der Waals surface area contributed by atoms with E-state index < -0.39 is 12.7 Å². The van der Waals surface area contributed by atoms with Crippen LogP contribution in [0, 0.1) is 5.92 Å². The molecule has 3 aromatic rings. The first-order chi connectivity index (χ1) is 16.9. The Bertz CT molecular complexity index is 1070. The molecule has 35 heavy (non-hydrogen) atoms. The second-order valence-corrected chi connectivity index (χ2v) is 9.15. The zero-order chi connectivity index (χ0) is 24.8. The van der Waals surface area contributed by atoms with Gasteiger partial charge in [0.15, 0.2) is 0 Å². The maximum Gasteiger partial charge on any atom is 0.426 e. The van der Waals surface area contributed by atoms with E-state index >= 15 is 8.78 Å². The molecule has 6 heteroatoms. The average molecular weight is 487 g/mol. The number of hydrogen-bond acceptors (Lipinski definition) is 2. The summed E-state index contributed by atoms with van der Waals surface area (Å²) in [6, 6.07) is 18.7. The van der Waals surface area contributed by atoms with Gasteiger partial charge in [-0.15, -0.1) is 0 Å². The van der Waals surface area contributed by atoms with Gasteiger partial charge in [0.05, 0.1) is 5.56 Å². The maximum absolute atomic E-state index is 15.1. The standard InChI is InChI=1S/C29H30F4O2/c1-2-5-20-8-10-21(11-9-20)22-12-16-24(17-13-22)29(32,33)35-27-7-4-3-6-26(27)23-14-18-25(19-15-23)34-28(30)31/h3-4,6-7,12-21,28H,2,5,8-11H2,1H3/t20-,21-. The van der Waals surface area contributed by atoms with Crippen LogP contribution in [0.25, 0.3) is 11.1 Å². The topological polar surface area (TPSA) is 18.5 Å². The van der Waals surface area contributed by atoms with Crippen molar-refractivity contribution in [2.45, 2.75) is 64.1 Å². The van der Waals surface area contributed by atoms with Crippen LogP contribution < -0.4 is 9.47 Å². The summed E-state index contributed by atoms with van der Waals surface area (Å²) in [5, 5.41) is 0. The van der Waals surface area contributed by atoms with E-state index in [0.29, 0.717) is 17.0 Å². The van der Waals surface area contributed by atoms with Crippen LogP contribution in [0.15, 0.2) is 72.8 Å². The van der Waals surface area contributed by atoms with Crippen molar-refractivity contribution in [3.05, 3.63) is 83.9 Å². The molecule has 0 saturated heterocycles. The SMILES string of the molecule is CCC[C@H]1CC[C@H](c2ccc(C(F)(F)Oc3ccccc3-c3ccc(OC(F)F)cc3)cc2)CC1. The number of rotatable bonds is 9. The lowest BCUT2D eigenvalue weighted by molar-refractivity contribution is -0.185. The Morgan fingerprint density at radius 3 is 2.14 bits per heavy atom. The van der Waals surface area contributed by atoms with Gasteiger partial charge in [0.2, 0.25) is 0 Å². The lowest BCUT2D eigenvalue weighted by Crippen LogP contribution is -2.22. The van der Waals surface area contributed by atoms with Crippen molar-refractivity contribution in [2.75, 3.05) is 0 Å². The van der Waals surface area contributed by atoms with E-state index in [9.17, 15) is 8.78 Å². The van der Waals surface area contributed by atoms with Crippen LogP contribution in [-0.2, 0) is 6.11 Å². The minimum atomic E-state index is -3.54. The van der Waals surface area contributed by atoms with Crippen molar-refractivity contribution in [1.82, 2.24) is 0 Å². The van der Waals surface area contributed by atoms with E-state index in [1.807, 2.05) is 0 Å². The monoisotopic (exact) mass is 486 g/mol. The van der Waals surface area contributed by atoms with Crippen molar-refractivity contribution < 1.29 is 27.0 Å². The molecule has 0 atom stereocenters. The molecule has 1 aliphatic carbocycles. The van der Waals surface area contributed by atoms with Gasteiger partial charge in [-0.05, 0) is 79.0 Å². The highest BCUT2D eigenvalue weighted by molar-refractivity contribution is 5.71. The number of hydrogen-bond donors (Lipinski definition) is 0. The van der Waals surface area contributed by atoms with Crippen LogP contribution in [0.2, 0.25) is 0 Å². The normalized spacial score (nSPS) is 18.5. The first-order valence-electron chi connectivity index (χ1n) is 12.2. The van der Waals surface area contributed by atoms with Crippen LogP contribution in [0.1, 0.15) is 62.5 Å². The number of ether oxygens (including phenoxy) is 2. The van der Waals surface area contributed by atoms with Gasteiger partial charge in [-0.25, -0.2) is 0 Å². The minimum absolute atomic E-state index is 0.00153. The molecule has 2 nitrogen and oxygen atoms in total. The Balaban J connectivity index is 1.47. The fraction of sp³-hybridized carbons (Fsp3) is 0.379. The second-order valence-electron chi connectivity index (χ2n) is 9.15. The highest BCUT2D eigenvalue weighted by atomic mass is 19.3. The first kappa shape index (κ1) is 25.1. The van der Waals surface area contributed by atoms with Crippen molar-refractivity contribution in [1.29, 1.82) is 0 Å². The van der Waals surface area contributed by atoms with Gasteiger partial charge in [-0.2, -0.15) is 17.6 Å². The summed E-state index contributed by atoms with van der Waals surface area (Å²) >= 11 is 0. The van der Waals surface area contributed by atoms with Gasteiger partial charge >= 0.3 is 12.7 Å². The van der Waals surface area contributed by atoms with Gasteiger partial charge in [0.25, 0.3) is 0 Å². The Morgan fingerprint density at radius 1 is 0.857 bits per heavy atom. The number of para-hydroxylation sites is 1. The highest BCUT2D eigenvalue weighted by Gasteiger charge is 2.35. The second kappa shape index (κ2) is 11.1. The number of halogens is 4. The van der Waals surface area contributed by atoms with Crippen LogP contribution in [0.3, 0.4) is 0 Å². The Morgan fingerprint density at radius 2 is 1.51 bits per heavy atom. The molecule has 0 aliphatic heterocycles. The molecular formula is C29H30F4O2. The summed E-state index contributed by atoms with van der Waals surface area (Å²) in [5.74, 6) is 1.20. The largest absolute Gasteiger partial charge is 0.435 e. The molecule has 0 radical (unpaired) electrons. The average Bonchev–Trinajstić information content (AvgIpc) is 2.85. The molecule has 0 amide bonds.